The van der Waals surface area contributed by atoms with Crippen molar-refractivity contribution >= 4 is 0 Å². The summed E-state index contributed by atoms with van der Waals surface area (Å²) in [6.07, 6.45) is -4.44. The van der Waals surface area contributed by atoms with Crippen LogP contribution in [0.15, 0.2) is 103 Å². The van der Waals surface area contributed by atoms with Gasteiger partial charge in [-0.15, -0.1) is 0 Å². The van der Waals surface area contributed by atoms with Crippen LogP contribution in [-0.2, 0) is 5.41 Å². The van der Waals surface area contributed by atoms with Crippen LogP contribution in [0, 0.1) is 6.92 Å². The zero-order valence-electron chi connectivity index (χ0n) is 17.4. The van der Waals surface area contributed by atoms with Gasteiger partial charge in [-0.3, -0.25) is 0 Å². The molecule has 0 aliphatic carbocycles. The molecule has 4 aromatic carbocycles. The third-order valence-corrected chi connectivity index (χ3v) is 5.98. The van der Waals surface area contributed by atoms with Crippen LogP contribution in [0.2, 0.25) is 0 Å². The lowest BCUT2D eigenvalue weighted by atomic mass is 9.75. The Morgan fingerprint density at radius 3 is 1.23 bits per heavy atom. The Labute approximate surface area is 181 Å². The molecule has 0 heterocycles. The maximum atomic E-state index is 14.4. The fourth-order valence-electron chi connectivity index (χ4n) is 3.86. The van der Waals surface area contributed by atoms with E-state index in [1.54, 1.807) is 48.5 Å². The fraction of sp³-hybridized carbons (Fsp3) is 0.143. The number of hydrogen-bond donors (Lipinski definition) is 0. The molecule has 0 aromatic heterocycles. The number of hydrogen-bond acceptors (Lipinski definition) is 0. The monoisotopic (exact) mass is 416 g/mol. The van der Waals surface area contributed by atoms with Gasteiger partial charge in [0, 0.05) is 0 Å². The Balaban J connectivity index is 1.72. The Kier molecular flexibility index (Phi) is 5.45. The SMILES string of the molecule is Cc1ccc(-c2ccc(C(C)(c3ccc(-c4ccccc4)cc3)C(F)(F)F)cc2)cc1. The minimum absolute atomic E-state index is 0.225. The number of alkyl halides is 3. The van der Waals surface area contributed by atoms with E-state index in [1.165, 1.54) is 6.92 Å². The average molecular weight is 416 g/mol. The van der Waals surface area contributed by atoms with Gasteiger partial charge in [-0.1, -0.05) is 109 Å². The summed E-state index contributed by atoms with van der Waals surface area (Å²) in [7, 11) is 0. The summed E-state index contributed by atoms with van der Waals surface area (Å²) in [6.45, 7) is 3.26. The van der Waals surface area contributed by atoms with Crippen molar-refractivity contribution in [1.82, 2.24) is 0 Å². The number of benzene rings is 4. The standard InChI is InChI=1S/C28H23F3/c1-20-8-10-22(11-9-20)24-14-18-26(19-15-24)27(2,28(29,30)31)25-16-12-23(13-17-25)21-6-4-3-5-7-21/h3-19H,1-2H3. The van der Waals surface area contributed by atoms with Crippen molar-refractivity contribution in [2.45, 2.75) is 25.4 Å². The van der Waals surface area contributed by atoms with Gasteiger partial charge in [0.25, 0.3) is 0 Å². The molecule has 0 saturated heterocycles. The van der Waals surface area contributed by atoms with Gasteiger partial charge in [-0.2, -0.15) is 13.2 Å². The zero-order valence-corrected chi connectivity index (χ0v) is 17.4. The van der Waals surface area contributed by atoms with Crippen molar-refractivity contribution in [3.63, 3.8) is 0 Å². The summed E-state index contributed by atoms with van der Waals surface area (Å²) in [6, 6.07) is 31.0. The summed E-state index contributed by atoms with van der Waals surface area (Å²) >= 11 is 0. The molecule has 0 N–H and O–H groups in total. The normalized spacial score (nSPS) is 13.6. The topological polar surface area (TPSA) is 0 Å². The largest absolute Gasteiger partial charge is 0.402 e. The van der Waals surface area contributed by atoms with Crippen molar-refractivity contribution in [3.8, 4) is 22.3 Å². The molecular formula is C28H23F3. The van der Waals surface area contributed by atoms with Crippen LogP contribution in [0.3, 0.4) is 0 Å². The minimum Gasteiger partial charge on any atom is -0.170 e. The van der Waals surface area contributed by atoms with Gasteiger partial charge in [0.2, 0.25) is 0 Å². The van der Waals surface area contributed by atoms with E-state index in [1.807, 2.05) is 61.5 Å². The first kappa shape index (κ1) is 20.9. The summed E-state index contributed by atoms with van der Waals surface area (Å²) < 4.78 is 43.1. The second kappa shape index (κ2) is 8.07. The third kappa shape index (κ3) is 4.00. The van der Waals surface area contributed by atoms with Gasteiger partial charge >= 0.3 is 6.18 Å². The Morgan fingerprint density at radius 2 is 0.839 bits per heavy atom. The molecule has 4 rings (SSSR count). The molecule has 0 spiro atoms. The van der Waals surface area contributed by atoms with Crippen LogP contribution in [0.25, 0.3) is 22.3 Å². The highest BCUT2D eigenvalue weighted by molar-refractivity contribution is 5.66. The van der Waals surface area contributed by atoms with E-state index in [4.69, 9.17) is 0 Å². The summed E-state index contributed by atoms with van der Waals surface area (Å²) in [5, 5.41) is 0. The fourth-order valence-corrected chi connectivity index (χ4v) is 3.86. The third-order valence-electron chi connectivity index (χ3n) is 5.98. The van der Waals surface area contributed by atoms with Gasteiger partial charge in [-0.25, -0.2) is 0 Å². The highest BCUT2D eigenvalue weighted by Crippen LogP contribution is 2.46. The Morgan fingerprint density at radius 1 is 0.484 bits per heavy atom. The number of aryl methyl sites for hydroxylation is 1. The van der Waals surface area contributed by atoms with Crippen molar-refractivity contribution in [1.29, 1.82) is 0 Å². The van der Waals surface area contributed by atoms with Crippen LogP contribution in [-0.4, -0.2) is 6.18 Å². The van der Waals surface area contributed by atoms with E-state index in [2.05, 4.69) is 0 Å². The van der Waals surface area contributed by atoms with Crippen LogP contribution >= 0.6 is 0 Å². The highest BCUT2D eigenvalue weighted by atomic mass is 19.4. The minimum atomic E-state index is -4.44. The van der Waals surface area contributed by atoms with Crippen LogP contribution < -0.4 is 0 Å². The molecule has 0 aliphatic rings. The average Bonchev–Trinajstić information content (AvgIpc) is 2.79. The predicted molar refractivity (Wildman–Crippen MR) is 121 cm³/mol. The molecule has 1 atom stereocenters. The molecule has 0 nitrogen and oxygen atoms in total. The molecule has 0 aliphatic heterocycles. The molecule has 0 fully saturated rings. The zero-order chi connectivity index (χ0) is 22.1. The van der Waals surface area contributed by atoms with Crippen LogP contribution in [0.4, 0.5) is 13.2 Å². The molecule has 4 aromatic rings. The second-order valence-electron chi connectivity index (χ2n) is 8.01. The van der Waals surface area contributed by atoms with Crippen molar-refractivity contribution in [2.24, 2.45) is 0 Å². The van der Waals surface area contributed by atoms with Crippen molar-refractivity contribution < 1.29 is 13.2 Å². The Bertz CT molecular complexity index is 1140. The van der Waals surface area contributed by atoms with Gasteiger partial charge in [-0.05, 0) is 47.2 Å². The van der Waals surface area contributed by atoms with E-state index in [-0.39, 0.29) is 11.1 Å². The summed E-state index contributed by atoms with van der Waals surface area (Å²) in [5.41, 5.74) is 3.24. The van der Waals surface area contributed by atoms with E-state index in [9.17, 15) is 13.2 Å². The first-order chi connectivity index (χ1) is 14.8. The second-order valence-corrected chi connectivity index (χ2v) is 8.01. The highest BCUT2D eigenvalue weighted by Gasteiger charge is 2.53. The lowest BCUT2D eigenvalue weighted by Crippen LogP contribution is -2.40. The van der Waals surface area contributed by atoms with E-state index >= 15 is 0 Å². The first-order valence-electron chi connectivity index (χ1n) is 10.2. The van der Waals surface area contributed by atoms with Gasteiger partial charge in [0.15, 0.2) is 0 Å². The molecule has 31 heavy (non-hydrogen) atoms. The molecule has 0 radical (unpaired) electrons. The lowest BCUT2D eigenvalue weighted by Gasteiger charge is -2.33. The molecule has 0 amide bonds. The Hall–Kier alpha value is -3.33. The smallest absolute Gasteiger partial charge is 0.170 e. The summed E-state index contributed by atoms with van der Waals surface area (Å²) in [4.78, 5) is 0. The maximum absolute atomic E-state index is 14.4. The molecule has 3 heteroatoms. The molecule has 1 unspecified atom stereocenters. The van der Waals surface area contributed by atoms with Crippen molar-refractivity contribution in [2.75, 3.05) is 0 Å². The maximum Gasteiger partial charge on any atom is 0.402 e. The van der Waals surface area contributed by atoms with E-state index in [0.29, 0.717) is 0 Å². The molecule has 0 bridgehead atoms. The molecule has 0 saturated carbocycles. The van der Waals surface area contributed by atoms with E-state index < -0.39 is 11.6 Å². The first-order valence-corrected chi connectivity index (χ1v) is 10.2. The van der Waals surface area contributed by atoms with E-state index in [0.717, 1.165) is 27.8 Å². The summed E-state index contributed by atoms with van der Waals surface area (Å²) in [5.74, 6) is 0. The molecule has 156 valence electrons. The predicted octanol–water partition coefficient (Wildman–Crippen LogP) is 8.20. The molecular weight excluding hydrogens is 393 g/mol. The van der Waals surface area contributed by atoms with Gasteiger partial charge in [0.1, 0.15) is 5.41 Å². The van der Waals surface area contributed by atoms with Crippen LogP contribution in [0.1, 0.15) is 23.6 Å². The van der Waals surface area contributed by atoms with Crippen molar-refractivity contribution in [3.05, 3.63) is 120 Å². The lowest BCUT2D eigenvalue weighted by molar-refractivity contribution is -0.173. The quantitative estimate of drug-likeness (QED) is 0.314. The number of halogens is 3. The van der Waals surface area contributed by atoms with Gasteiger partial charge in [0.05, 0.1) is 0 Å². The van der Waals surface area contributed by atoms with Crippen LogP contribution in [0.5, 0.6) is 0 Å². The number of rotatable bonds is 4. The van der Waals surface area contributed by atoms with Gasteiger partial charge < -0.3 is 0 Å².